The van der Waals surface area contributed by atoms with E-state index in [0.29, 0.717) is 45.0 Å². The summed E-state index contributed by atoms with van der Waals surface area (Å²) >= 11 is -0.556. The van der Waals surface area contributed by atoms with Gasteiger partial charge in [-0.25, -0.2) is 0 Å². The standard InChI is InChI=1S/2C60H50N4O2.C2H4O2.4ClH.2K.Na.2Pt/c2*1-41-33-53(63(49-19-9-5-10-20-49)50-21-11-6-12-22-50)34-42(2)59(41)45-29-31-47(57(65)37-45)39-61-55-27-17-18-28-56(55)62-40-48-32-30-46(38-58(48)66)60-43(3)35-54(36-44(60)4)64(51-23-13-7-14-24-51)52-25-15-8-16-26-52;1-2(3)4;;;;;;;;;/h2*5-40,65-66H,1-4H3;1H3,(H,3,4);4*1H;;;;;/q;;;;;;;;;+1;;+4/p-5. The molecule has 4 N–H and O–H groups in total. The van der Waals surface area contributed by atoms with Crippen molar-refractivity contribution >= 4 is 223 Å². The minimum absolute atomic E-state index is 0. The number of carbonyl (C=O) groups is 1. The molecule has 0 aromatic heterocycles. The van der Waals surface area contributed by atoms with Crippen LogP contribution in [0.5, 0.6) is 23.0 Å². The summed E-state index contributed by atoms with van der Waals surface area (Å²) in [6.45, 7) is 17.9. The molecule has 0 fully saturated rings. The number of rotatable bonds is 24. The van der Waals surface area contributed by atoms with Crippen molar-refractivity contribution in [1.29, 1.82) is 0 Å². The molecule has 0 unspecified atom stereocenters. The van der Waals surface area contributed by atoms with Crippen LogP contribution in [0.4, 0.5) is 91.0 Å². The van der Waals surface area contributed by atoms with Crippen LogP contribution in [0.15, 0.2) is 432 Å². The molecule has 0 aliphatic rings. The number of para-hydroxylation sites is 12. The Morgan fingerprint density at radius 3 is 0.517 bits per heavy atom. The third-order valence-corrected chi connectivity index (χ3v) is 23.6. The average Bonchev–Trinajstić information content (AvgIpc) is 0.788. The maximum Gasteiger partial charge on any atom is 1.00 e. The van der Waals surface area contributed by atoms with Crippen molar-refractivity contribution in [2.75, 3.05) is 19.6 Å². The summed E-state index contributed by atoms with van der Waals surface area (Å²) in [5.41, 5.74) is 34.6. The van der Waals surface area contributed by atoms with Crippen molar-refractivity contribution in [2.24, 2.45) is 20.0 Å². The summed E-state index contributed by atoms with van der Waals surface area (Å²) in [6, 6.07) is 139. The Labute approximate surface area is 950 Å². The molecule has 0 aliphatic carbocycles. The molecule has 0 radical (unpaired) electrons. The molecule has 0 saturated carbocycles. The topological polar surface area (TPSA) is 183 Å². The number of aryl methyl sites for hydroxylation is 8. The second kappa shape index (κ2) is 54.8. The number of halogens is 4. The Kier molecular flexibility index (Phi) is 42.8. The molecular formula is C122H103Cl4K2N8NaO6Pt2. The third-order valence-electron chi connectivity index (χ3n) is 23.6. The molecule has 145 heavy (non-hydrogen) atoms. The molecule has 18 rings (SSSR count). The number of nitrogens with zero attached hydrogens (tertiary/aromatic N) is 8. The summed E-state index contributed by atoms with van der Waals surface area (Å²) in [5, 5.41) is 54.2. The maximum absolute atomic E-state index is 11.3. The number of phenolic OH excluding ortho intramolecular Hbond substituents is 4. The van der Waals surface area contributed by atoms with Crippen LogP contribution < -0.4 is 54.3 Å². The number of aromatic hydroxyl groups is 4. The Hall–Kier alpha value is -10.7. The predicted molar refractivity (Wildman–Crippen MR) is 598 cm³/mol. The van der Waals surface area contributed by atoms with Crippen molar-refractivity contribution in [3.05, 3.63) is 479 Å². The van der Waals surface area contributed by atoms with Crippen molar-refractivity contribution in [3.63, 3.8) is 0 Å². The van der Waals surface area contributed by atoms with Gasteiger partial charge in [0, 0.05) is 142 Å². The number of carboxylic acid groups (broad SMARTS) is 1. The van der Waals surface area contributed by atoms with Gasteiger partial charge < -0.3 is 49.9 Å². The fourth-order valence-electron chi connectivity index (χ4n) is 17.7. The minimum atomic E-state index is -3.06. The van der Waals surface area contributed by atoms with Gasteiger partial charge in [0.25, 0.3) is 0 Å². The van der Waals surface area contributed by atoms with E-state index in [2.05, 4.69) is 318 Å². The first-order chi connectivity index (χ1) is 69.2. The number of carboxylic acids is 1. The molecule has 0 heterocycles. The molecule has 18 aromatic carbocycles. The van der Waals surface area contributed by atoms with Gasteiger partial charge >= 0.3 is 142 Å². The van der Waals surface area contributed by atoms with E-state index in [1.807, 2.05) is 146 Å². The van der Waals surface area contributed by atoms with Crippen LogP contribution in [0.25, 0.3) is 44.5 Å². The van der Waals surface area contributed by atoms with E-state index >= 15 is 0 Å². The number of benzene rings is 18. The van der Waals surface area contributed by atoms with Gasteiger partial charge in [-0.15, -0.1) is 0 Å². The minimum Gasteiger partial charge on any atom is 0 e. The van der Waals surface area contributed by atoms with Crippen LogP contribution in [0.1, 0.15) is 73.7 Å². The molecule has 0 bridgehead atoms. The SMILES string of the molecule is CC(=O)[O-].Cc1cc(N(c2ccccc2)c2ccccc2)cc(C)c1-c1ccc(C=Nc2ccccc2N=Cc2ccc(-c3c(C)cc(N(c4ccccc4)c4ccccc4)cc3C)cc2O)c(O)c1.Cc1cc(N(c2ccccc2)c2ccccc2)cc(C)c1-c1ccc(C=Nc2ccccc2N=Cc2ccc(-c3c(C)cc(N(c4ccccc4)c4ccccc4)cc3C)cc2O)c(O)c1.[Cl][Pt]([Cl])([Cl])[Cl].[K][K].[Na+].[Pt]. The van der Waals surface area contributed by atoms with Crippen molar-refractivity contribution < 1.29 is 92.8 Å². The van der Waals surface area contributed by atoms with Crippen LogP contribution in [0.3, 0.4) is 0 Å². The molecule has 0 spiro atoms. The van der Waals surface area contributed by atoms with Crippen LogP contribution in [0.2, 0.25) is 0 Å². The number of aliphatic imine (C=N–C) groups is 4. The Morgan fingerprint density at radius 1 is 0.255 bits per heavy atom. The summed E-state index contributed by atoms with van der Waals surface area (Å²) in [5.74, 6) is -0.564. The number of anilines is 12. The fourth-order valence-corrected chi connectivity index (χ4v) is 17.7. The fraction of sp³-hybridized carbons (Fsp3) is 0.0738. The second-order valence-electron chi connectivity index (χ2n) is 33.7. The van der Waals surface area contributed by atoms with Gasteiger partial charge in [-0.1, -0.05) is 194 Å². The van der Waals surface area contributed by atoms with Gasteiger partial charge in [-0.05, 0) is 370 Å². The third kappa shape index (κ3) is 30.3. The van der Waals surface area contributed by atoms with Crippen LogP contribution >= 0.6 is 37.7 Å². The van der Waals surface area contributed by atoms with E-state index in [4.69, 9.17) is 67.5 Å². The quantitative estimate of drug-likeness (QED) is 0.0335. The molecule has 14 nitrogen and oxygen atoms in total. The Balaban J connectivity index is 0.000000232. The van der Waals surface area contributed by atoms with Gasteiger partial charge in [0.05, 0.1) is 22.7 Å². The molecule has 0 aliphatic heterocycles. The Bertz CT molecular complexity index is 6450. The number of phenols is 4. The van der Waals surface area contributed by atoms with Crippen LogP contribution in [0, 0.1) is 55.4 Å². The molecule has 18 aromatic rings. The zero-order chi connectivity index (χ0) is 101. The monoisotopic (exact) mass is 2410 g/mol. The van der Waals surface area contributed by atoms with Crippen molar-refractivity contribution in [2.45, 2.75) is 62.3 Å². The molecular weight excluding hydrogens is 2310 g/mol. The first kappa shape index (κ1) is 113. The van der Waals surface area contributed by atoms with Crippen molar-refractivity contribution in [1.82, 2.24) is 0 Å². The van der Waals surface area contributed by atoms with E-state index in [0.717, 1.165) is 164 Å². The van der Waals surface area contributed by atoms with Crippen molar-refractivity contribution in [3.8, 4) is 67.5 Å². The van der Waals surface area contributed by atoms with Gasteiger partial charge in [-0.3, -0.25) is 20.0 Å². The maximum atomic E-state index is 11.3. The molecule has 23 heteroatoms. The second-order valence-corrected chi connectivity index (χ2v) is 53.4. The normalized spacial score (nSPS) is 11.1. The van der Waals surface area contributed by atoms with E-state index in [9.17, 15) is 20.4 Å². The van der Waals surface area contributed by atoms with E-state index in [1.165, 1.54) is 63.2 Å². The van der Waals surface area contributed by atoms with Gasteiger partial charge in [0.1, 0.15) is 23.0 Å². The van der Waals surface area contributed by atoms with E-state index in [1.54, 1.807) is 49.1 Å². The number of carbonyl (C=O) groups excluding carboxylic acids is 1. The smallest absolute Gasteiger partial charge is 0 e. The first-order valence-electron chi connectivity index (χ1n) is 46.6. The Morgan fingerprint density at radius 2 is 0.386 bits per heavy atom. The number of hydrogen-bond donors (Lipinski definition) is 4. The summed E-state index contributed by atoms with van der Waals surface area (Å²) in [6.07, 6.45) is 6.65. The van der Waals surface area contributed by atoms with E-state index in [-0.39, 0.29) is 73.6 Å². The average molecular weight is 2410 g/mol. The first-order valence-corrected chi connectivity index (χ1v) is 73.8. The van der Waals surface area contributed by atoms with Gasteiger partial charge in [0.15, 0.2) is 0 Å². The van der Waals surface area contributed by atoms with Gasteiger partial charge in [-0.2, -0.15) is 0 Å². The van der Waals surface area contributed by atoms with E-state index < -0.39 is 17.9 Å². The predicted octanol–water partition coefficient (Wildman–Crippen LogP) is 30.0. The van der Waals surface area contributed by atoms with Gasteiger partial charge in [0.2, 0.25) is 0 Å². The summed E-state index contributed by atoms with van der Waals surface area (Å²) in [7, 11) is 20.0. The summed E-state index contributed by atoms with van der Waals surface area (Å²) < 4.78 is 0. The largest absolute Gasteiger partial charge is 1.00 e. The number of aliphatic carboxylic acids is 1. The van der Waals surface area contributed by atoms with Crippen LogP contribution in [-0.2, 0) is 37.8 Å². The zero-order valence-electron chi connectivity index (χ0n) is 82.4. The van der Waals surface area contributed by atoms with Crippen LogP contribution in [-0.4, -0.2) is 114 Å². The number of hydrogen-bond acceptors (Lipinski definition) is 14. The molecule has 0 atom stereocenters. The molecule has 0 amide bonds. The molecule has 0 saturated heterocycles. The molecule has 718 valence electrons. The zero-order valence-corrected chi connectivity index (χ0v) is 98.2. The summed E-state index contributed by atoms with van der Waals surface area (Å²) in [4.78, 5) is 37.0.